The number of carbonyl (C=O) groups is 1. The lowest BCUT2D eigenvalue weighted by atomic mass is 10.0. The van der Waals surface area contributed by atoms with E-state index in [1.165, 1.54) is 5.56 Å². The molecule has 1 heterocycles. The number of rotatable bonds is 2. The van der Waals surface area contributed by atoms with Crippen LogP contribution in [0.5, 0.6) is 0 Å². The average Bonchev–Trinajstić information content (AvgIpc) is 3.18. The zero-order valence-electron chi connectivity index (χ0n) is 11.3. The minimum absolute atomic E-state index is 0. The van der Waals surface area contributed by atoms with Crippen molar-refractivity contribution in [1.82, 2.24) is 4.90 Å². The summed E-state index contributed by atoms with van der Waals surface area (Å²) < 4.78 is 1.09. The summed E-state index contributed by atoms with van der Waals surface area (Å²) in [5.74, 6) is 0.892. The number of hydrogen-bond donors (Lipinski definition) is 1. The van der Waals surface area contributed by atoms with Crippen LogP contribution in [0.4, 0.5) is 0 Å². The Morgan fingerprint density at radius 3 is 2.90 bits per heavy atom. The number of likely N-dealkylation sites (tertiary alicyclic amines) is 1. The molecular weight excluding hydrogens is 340 g/mol. The SMILES string of the molecule is Cl.NC1CCCN(C(=O)C2CC2c2cccc(Br)c2)C1. The van der Waals surface area contributed by atoms with E-state index in [0.717, 1.165) is 36.8 Å². The van der Waals surface area contributed by atoms with Gasteiger partial charge in [0.05, 0.1) is 0 Å². The van der Waals surface area contributed by atoms with Gasteiger partial charge in [-0.2, -0.15) is 0 Å². The lowest BCUT2D eigenvalue weighted by Gasteiger charge is -2.31. The monoisotopic (exact) mass is 358 g/mol. The first-order chi connectivity index (χ1) is 9.15. The number of nitrogens with zero attached hydrogens (tertiary/aromatic N) is 1. The second-order valence-corrected chi connectivity index (χ2v) is 6.61. The highest BCUT2D eigenvalue weighted by Gasteiger charge is 2.46. The van der Waals surface area contributed by atoms with Gasteiger partial charge >= 0.3 is 0 Å². The molecule has 20 heavy (non-hydrogen) atoms. The summed E-state index contributed by atoms with van der Waals surface area (Å²) in [4.78, 5) is 14.4. The third-order valence-corrected chi connectivity index (χ3v) is 4.65. The molecule has 3 nitrogen and oxygen atoms in total. The van der Waals surface area contributed by atoms with E-state index in [9.17, 15) is 4.79 Å². The number of hydrogen-bond acceptors (Lipinski definition) is 2. The Morgan fingerprint density at radius 2 is 2.20 bits per heavy atom. The molecule has 110 valence electrons. The molecule has 0 spiro atoms. The Morgan fingerprint density at radius 1 is 1.40 bits per heavy atom. The summed E-state index contributed by atoms with van der Waals surface area (Å²) in [6, 6.07) is 8.47. The van der Waals surface area contributed by atoms with E-state index in [2.05, 4.69) is 28.1 Å². The maximum Gasteiger partial charge on any atom is 0.226 e. The summed E-state index contributed by atoms with van der Waals surface area (Å²) in [6.07, 6.45) is 3.08. The Kier molecular flexibility index (Phi) is 5.10. The lowest BCUT2D eigenvalue weighted by Crippen LogP contribution is -2.46. The molecule has 1 saturated heterocycles. The van der Waals surface area contributed by atoms with E-state index in [1.54, 1.807) is 0 Å². The van der Waals surface area contributed by atoms with Gasteiger partial charge in [-0.15, -0.1) is 12.4 Å². The predicted molar refractivity (Wildman–Crippen MR) is 86.0 cm³/mol. The zero-order chi connectivity index (χ0) is 13.4. The van der Waals surface area contributed by atoms with Crippen molar-refractivity contribution in [2.24, 2.45) is 11.7 Å². The first-order valence-corrected chi connectivity index (χ1v) is 7.74. The topological polar surface area (TPSA) is 46.3 Å². The Labute approximate surface area is 134 Å². The molecule has 0 aromatic heterocycles. The second kappa shape index (κ2) is 6.46. The van der Waals surface area contributed by atoms with Crippen LogP contribution in [-0.2, 0) is 4.79 Å². The zero-order valence-corrected chi connectivity index (χ0v) is 13.7. The van der Waals surface area contributed by atoms with E-state index < -0.39 is 0 Å². The lowest BCUT2D eigenvalue weighted by molar-refractivity contribution is -0.133. The van der Waals surface area contributed by atoms with Crippen molar-refractivity contribution >= 4 is 34.2 Å². The van der Waals surface area contributed by atoms with E-state index in [1.807, 2.05) is 17.0 Å². The number of halogens is 2. The number of piperidine rings is 1. The molecule has 2 N–H and O–H groups in total. The molecule has 3 unspecified atom stereocenters. The average molecular weight is 360 g/mol. The predicted octanol–water partition coefficient (Wildman–Crippen LogP) is 2.92. The normalized spacial score (nSPS) is 28.7. The van der Waals surface area contributed by atoms with Crippen molar-refractivity contribution in [3.05, 3.63) is 34.3 Å². The quantitative estimate of drug-likeness (QED) is 0.882. The van der Waals surface area contributed by atoms with Gasteiger partial charge in [-0.1, -0.05) is 28.1 Å². The van der Waals surface area contributed by atoms with Gasteiger partial charge < -0.3 is 10.6 Å². The molecule has 1 aliphatic heterocycles. The number of nitrogens with two attached hydrogens (primary N) is 1. The summed E-state index contributed by atoms with van der Waals surface area (Å²) >= 11 is 3.49. The van der Waals surface area contributed by atoms with Crippen LogP contribution < -0.4 is 5.73 Å². The van der Waals surface area contributed by atoms with Gasteiger partial charge in [-0.25, -0.2) is 0 Å². The highest BCUT2D eigenvalue weighted by molar-refractivity contribution is 9.10. The molecule has 1 aromatic rings. The first kappa shape index (κ1) is 15.8. The third kappa shape index (κ3) is 3.35. The van der Waals surface area contributed by atoms with Crippen LogP contribution in [0.25, 0.3) is 0 Å². The fourth-order valence-electron chi connectivity index (χ4n) is 3.02. The summed E-state index contributed by atoms with van der Waals surface area (Å²) in [7, 11) is 0. The largest absolute Gasteiger partial charge is 0.341 e. The second-order valence-electron chi connectivity index (χ2n) is 5.69. The summed E-state index contributed by atoms with van der Waals surface area (Å²) in [5, 5.41) is 0. The van der Waals surface area contributed by atoms with Crippen molar-refractivity contribution in [3.8, 4) is 0 Å². The molecule has 1 aliphatic carbocycles. The molecule has 1 aromatic carbocycles. The van der Waals surface area contributed by atoms with Crippen LogP contribution in [0.2, 0.25) is 0 Å². The maximum atomic E-state index is 12.4. The summed E-state index contributed by atoms with van der Waals surface area (Å²) in [6.45, 7) is 1.62. The van der Waals surface area contributed by atoms with E-state index in [0.29, 0.717) is 11.8 Å². The van der Waals surface area contributed by atoms with Crippen LogP contribution >= 0.6 is 28.3 Å². The molecular formula is C15H20BrClN2O. The number of amides is 1. The van der Waals surface area contributed by atoms with Gasteiger partial charge in [0, 0.05) is 29.5 Å². The Balaban J connectivity index is 0.00000147. The molecule has 2 aliphatic rings. The fourth-order valence-corrected chi connectivity index (χ4v) is 3.44. The molecule has 2 fully saturated rings. The standard InChI is InChI=1S/C15H19BrN2O.ClH/c16-11-4-1-3-10(7-11)13-8-14(13)15(19)18-6-2-5-12(17)9-18;/h1,3-4,7,12-14H,2,5-6,8-9,17H2;1H. The Bertz CT molecular complexity index is 497. The van der Waals surface area contributed by atoms with E-state index >= 15 is 0 Å². The van der Waals surface area contributed by atoms with Crippen LogP contribution in [-0.4, -0.2) is 29.9 Å². The van der Waals surface area contributed by atoms with Gasteiger partial charge in [-0.05, 0) is 42.9 Å². The molecule has 0 bridgehead atoms. The van der Waals surface area contributed by atoms with Crippen LogP contribution in [0.15, 0.2) is 28.7 Å². The molecule has 1 amide bonds. The maximum absolute atomic E-state index is 12.4. The minimum atomic E-state index is 0. The van der Waals surface area contributed by atoms with Crippen molar-refractivity contribution in [1.29, 1.82) is 0 Å². The van der Waals surface area contributed by atoms with Gasteiger partial charge in [-0.3, -0.25) is 4.79 Å². The first-order valence-electron chi connectivity index (χ1n) is 6.95. The van der Waals surface area contributed by atoms with Crippen molar-refractivity contribution in [3.63, 3.8) is 0 Å². The van der Waals surface area contributed by atoms with Gasteiger partial charge in [0.2, 0.25) is 5.91 Å². The highest BCUT2D eigenvalue weighted by atomic mass is 79.9. The summed E-state index contributed by atoms with van der Waals surface area (Å²) in [5.41, 5.74) is 7.22. The molecule has 3 atom stereocenters. The smallest absolute Gasteiger partial charge is 0.226 e. The Hall–Kier alpha value is -0.580. The molecule has 5 heteroatoms. The van der Waals surface area contributed by atoms with Crippen molar-refractivity contribution in [2.45, 2.75) is 31.2 Å². The van der Waals surface area contributed by atoms with Crippen LogP contribution in [0.3, 0.4) is 0 Å². The highest BCUT2D eigenvalue weighted by Crippen LogP contribution is 2.49. The van der Waals surface area contributed by atoms with Crippen LogP contribution in [0.1, 0.15) is 30.7 Å². The van der Waals surface area contributed by atoms with E-state index in [-0.39, 0.29) is 24.4 Å². The fraction of sp³-hybridized carbons (Fsp3) is 0.533. The van der Waals surface area contributed by atoms with Gasteiger partial charge in [0.1, 0.15) is 0 Å². The molecule has 1 saturated carbocycles. The molecule has 3 rings (SSSR count). The number of carbonyl (C=O) groups excluding carboxylic acids is 1. The van der Waals surface area contributed by atoms with Gasteiger partial charge in [0.15, 0.2) is 0 Å². The van der Waals surface area contributed by atoms with E-state index in [4.69, 9.17) is 5.73 Å². The van der Waals surface area contributed by atoms with Crippen LogP contribution in [0, 0.1) is 5.92 Å². The number of benzene rings is 1. The molecule has 0 radical (unpaired) electrons. The van der Waals surface area contributed by atoms with Gasteiger partial charge in [0.25, 0.3) is 0 Å². The van der Waals surface area contributed by atoms with Crippen molar-refractivity contribution < 1.29 is 4.79 Å². The minimum Gasteiger partial charge on any atom is -0.341 e. The third-order valence-electron chi connectivity index (χ3n) is 4.15. The van der Waals surface area contributed by atoms with Crippen molar-refractivity contribution in [2.75, 3.05) is 13.1 Å².